The van der Waals surface area contributed by atoms with Crippen LogP contribution < -0.4 is 5.32 Å². The molecule has 1 rings (SSSR count). The minimum Gasteiger partial charge on any atom is -0.350 e. The van der Waals surface area contributed by atoms with Gasteiger partial charge < -0.3 is 10.2 Å². The van der Waals surface area contributed by atoms with Gasteiger partial charge in [-0.25, -0.2) is 0 Å². The van der Waals surface area contributed by atoms with Crippen molar-refractivity contribution in [2.75, 3.05) is 20.1 Å². The first-order chi connectivity index (χ1) is 9.02. The molecule has 1 heterocycles. The molecule has 19 heavy (non-hydrogen) atoms. The molecular weight excluding hydrogens is 240 g/mol. The van der Waals surface area contributed by atoms with Gasteiger partial charge in [-0.2, -0.15) is 0 Å². The van der Waals surface area contributed by atoms with Gasteiger partial charge in [-0.1, -0.05) is 24.8 Å². The van der Waals surface area contributed by atoms with Crippen LogP contribution in [0, 0.1) is 0 Å². The van der Waals surface area contributed by atoms with E-state index in [4.69, 9.17) is 0 Å². The topological polar surface area (TPSA) is 49.4 Å². The third-order valence-electron chi connectivity index (χ3n) is 3.21. The number of ketones is 1. The van der Waals surface area contributed by atoms with Crippen LogP contribution in [0.25, 0.3) is 0 Å². The molecule has 0 aromatic carbocycles. The maximum absolute atomic E-state index is 11.7. The minimum atomic E-state index is -0.113. The normalized spacial score (nSPS) is 18.5. The van der Waals surface area contributed by atoms with E-state index in [2.05, 4.69) is 23.8 Å². The van der Waals surface area contributed by atoms with Crippen molar-refractivity contribution in [1.82, 2.24) is 10.2 Å². The summed E-state index contributed by atoms with van der Waals surface area (Å²) in [4.78, 5) is 25.1. The standard InChI is InChI=1S/C15H22N2O2/c1-4-13(12(2)18)6-5-7-15(19)16-14-8-10-17(3)11-9-14/h4-7,14H,1,8-11H2,2-3H3,(H,16,19)/b7-5+,13-6+. The SMILES string of the molecule is C=C/C(=C\C=C\C(=O)NC1CCN(C)CC1)C(C)=O. The number of likely N-dealkylation sites (tertiary alicyclic amines) is 1. The van der Waals surface area contributed by atoms with Crippen molar-refractivity contribution < 1.29 is 9.59 Å². The van der Waals surface area contributed by atoms with Crippen LogP contribution in [0.5, 0.6) is 0 Å². The molecule has 0 aromatic rings. The summed E-state index contributed by atoms with van der Waals surface area (Å²) in [6, 6.07) is 0.254. The van der Waals surface area contributed by atoms with Crippen LogP contribution in [0.2, 0.25) is 0 Å². The van der Waals surface area contributed by atoms with Crippen LogP contribution in [0.4, 0.5) is 0 Å². The first-order valence-corrected chi connectivity index (χ1v) is 6.53. The summed E-state index contributed by atoms with van der Waals surface area (Å²) >= 11 is 0. The van der Waals surface area contributed by atoms with Crippen LogP contribution in [0.3, 0.4) is 0 Å². The number of hydrogen-bond donors (Lipinski definition) is 1. The Hall–Kier alpha value is -1.68. The lowest BCUT2D eigenvalue weighted by atomic mass is 10.1. The highest BCUT2D eigenvalue weighted by Crippen LogP contribution is 2.07. The Morgan fingerprint density at radius 1 is 1.32 bits per heavy atom. The van der Waals surface area contributed by atoms with Crippen LogP contribution in [0.1, 0.15) is 19.8 Å². The van der Waals surface area contributed by atoms with E-state index in [1.807, 2.05) is 0 Å². The Balaban J connectivity index is 2.42. The lowest BCUT2D eigenvalue weighted by molar-refractivity contribution is -0.117. The van der Waals surface area contributed by atoms with Crippen molar-refractivity contribution in [2.45, 2.75) is 25.8 Å². The number of rotatable bonds is 5. The predicted octanol–water partition coefficient (Wildman–Crippen LogP) is 1.45. The average Bonchev–Trinajstić information content (AvgIpc) is 2.37. The fraction of sp³-hybridized carbons (Fsp3) is 0.467. The number of carbonyl (C=O) groups is 2. The summed E-state index contributed by atoms with van der Waals surface area (Å²) in [5.41, 5.74) is 0.503. The van der Waals surface area contributed by atoms with Gasteiger partial charge in [-0.3, -0.25) is 9.59 Å². The van der Waals surface area contributed by atoms with Crippen LogP contribution in [-0.4, -0.2) is 42.8 Å². The monoisotopic (exact) mass is 262 g/mol. The zero-order valence-corrected chi connectivity index (χ0v) is 11.7. The Labute approximate surface area is 114 Å². The summed E-state index contributed by atoms with van der Waals surface area (Å²) in [6.45, 7) is 7.05. The molecule has 0 saturated carbocycles. The molecule has 1 saturated heterocycles. The number of hydrogen-bond acceptors (Lipinski definition) is 3. The van der Waals surface area contributed by atoms with Gasteiger partial charge in [0.15, 0.2) is 5.78 Å². The third-order valence-corrected chi connectivity index (χ3v) is 3.21. The highest BCUT2D eigenvalue weighted by molar-refractivity contribution is 5.96. The maximum Gasteiger partial charge on any atom is 0.244 e. The van der Waals surface area contributed by atoms with E-state index in [1.165, 1.54) is 19.1 Å². The van der Waals surface area contributed by atoms with Gasteiger partial charge in [0.1, 0.15) is 0 Å². The highest BCUT2D eigenvalue weighted by Gasteiger charge is 2.17. The molecule has 0 unspecified atom stereocenters. The average molecular weight is 262 g/mol. The second kappa shape index (κ2) is 7.69. The van der Waals surface area contributed by atoms with Crippen molar-refractivity contribution in [3.8, 4) is 0 Å². The van der Waals surface area contributed by atoms with E-state index in [1.54, 1.807) is 12.2 Å². The minimum absolute atomic E-state index is 0.0598. The van der Waals surface area contributed by atoms with E-state index >= 15 is 0 Å². The molecule has 1 aliphatic rings. The van der Waals surface area contributed by atoms with E-state index in [0.717, 1.165) is 25.9 Å². The van der Waals surface area contributed by atoms with Gasteiger partial charge in [0.05, 0.1) is 0 Å². The molecule has 0 aliphatic carbocycles. The Kier molecular flexibility index (Phi) is 6.22. The number of piperidine rings is 1. The molecule has 0 bridgehead atoms. The number of Topliss-reactive ketones (excluding diaryl/α,β-unsaturated/α-hetero) is 1. The first kappa shape index (κ1) is 15.4. The molecule has 0 spiro atoms. The fourth-order valence-corrected chi connectivity index (χ4v) is 1.97. The van der Waals surface area contributed by atoms with Gasteiger partial charge in [-0.05, 0) is 39.9 Å². The van der Waals surface area contributed by atoms with E-state index in [9.17, 15) is 9.59 Å². The van der Waals surface area contributed by atoms with Crippen molar-refractivity contribution in [2.24, 2.45) is 0 Å². The second-order valence-electron chi connectivity index (χ2n) is 4.83. The summed E-state index contributed by atoms with van der Waals surface area (Å²) in [5, 5.41) is 2.97. The predicted molar refractivity (Wildman–Crippen MR) is 76.8 cm³/mol. The zero-order chi connectivity index (χ0) is 14.3. The number of nitrogens with one attached hydrogen (secondary N) is 1. The summed E-state index contributed by atoms with van der Waals surface area (Å²) in [7, 11) is 2.08. The molecule has 1 N–H and O–H groups in total. The Morgan fingerprint density at radius 3 is 2.47 bits per heavy atom. The molecular formula is C15H22N2O2. The molecule has 0 radical (unpaired) electrons. The van der Waals surface area contributed by atoms with Gasteiger partial charge >= 0.3 is 0 Å². The van der Waals surface area contributed by atoms with Crippen molar-refractivity contribution in [3.63, 3.8) is 0 Å². The van der Waals surface area contributed by atoms with Crippen molar-refractivity contribution in [3.05, 3.63) is 36.5 Å². The Morgan fingerprint density at radius 2 is 1.95 bits per heavy atom. The van der Waals surface area contributed by atoms with Crippen LogP contribution in [-0.2, 0) is 9.59 Å². The molecule has 0 aromatic heterocycles. The second-order valence-corrected chi connectivity index (χ2v) is 4.83. The lowest BCUT2D eigenvalue weighted by Crippen LogP contribution is -2.42. The molecule has 1 fully saturated rings. The van der Waals surface area contributed by atoms with Crippen LogP contribution in [0.15, 0.2) is 36.5 Å². The molecule has 4 nitrogen and oxygen atoms in total. The largest absolute Gasteiger partial charge is 0.350 e. The highest BCUT2D eigenvalue weighted by atomic mass is 16.1. The number of amides is 1. The summed E-state index contributed by atoms with van der Waals surface area (Å²) in [6.07, 6.45) is 8.09. The fourth-order valence-electron chi connectivity index (χ4n) is 1.97. The van der Waals surface area contributed by atoms with Gasteiger partial charge in [0, 0.05) is 17.7 Å². The first-order valence-electron chi connectivity index (χ1n) is 6.53. The molecule has 0 atom stereocenters. The lowest BCUT2D eigenvalue weighted by Gasteiger charge is -2.29. The number of allylic oxidation sites excluding steroid dienone is 4. The summed E-state index contributed by atoms with van der Waals surface area (Å²) in [5.74, 6) is -0.173. The quantitative estimate of drug-likeness (QED) is 0.603. The molecule has 4 heteroatoms. The smallest absolute Gasteiger partial charge is 0.244 e. The van der Waals surface area contributed by atoms with Crippen molar-refractivity contribution in [1.29, 1.82) is 0 Å². The third kappa shape index (κ3) is 5.66. The summed E-state index contributed by atoms with van der Waals surface area (Å²) < 4.78 is 0. The van der Waals surface area contributed by atoms with Gasteiger partial charge in [0.25, 0.3) is 0 Å². The van der Waals surface area contributed by atoms with E-state index < -0.39 is 0 Å². The van der Waals surface area contributed by atoms with E-state index in [-0.39, 0.29) is 17.7 Å². The molecule has 1 amide bonds. The number of nitrogens with zero attached hydrogens (tertiary/aromatic N) is 1. The maximum atomic E-state index is 11.7. The Bertz CT molecular complexity index is 402. The number of carbonyl (C=O) groups excluding carboxylic acids is 2. The van der Waals surface area contributed by atoms with E-state index in [0.29, 0.717) is 5.57 Å². The van der Waals surface area contributed by atoms with Gasteiger partial charge in [-0.15, -0.1) is 0 Å². The van der Waals surface area contributed by atoms with Crippen LogP contribution >= 0.6 is 0 Å². The molecule has 104 valence electrons. The van der Waals surface area contributed by atoms with Crippen molar-refractivity contribution >= 4 is 11.7 Å². The van der Waals surface area contributed by atoms with Gasteiger partial charge in [0.2, 0.25) is 5.91 Å². The zero-order valence-electron chi connectivity index (χ0n) is 11.7. The molecule has 1 aliphatic heterocycles.